The number of carboxylic acids is 1. The van der Waals surface area contributed by atoms with Crippen molar-refractivity contribution in [1.82, 2.24) is 9.36 Å². The van der Waals surface area contributed by atoms with Crippen LogP contribution in [0.25, 0.3) is 5.69 Å². The van der Waals surface area contributed by atoms with Crippen molar-refractivity contribution in [3.05, 3.63) is 46.4 Å². The molecule has 0 amide bonds. The molecular formula is C18H27N4NaO6S. The zero-order valence-corrected chi connectivity index (χ0v) is 20.9. The van der Waals surface area contributed by atoms with Crippen LogP contribution in [0.4, 0.5) is 5.69 Å². The number of benzene rings is 1. The van der Waals surface area contributed by atoms with E-state index in [1.807, 2.05) is 6.07 Å². The summed E-state index contributed by atoms with van der Waals surface area (Å²) in [7, 11) is -1.34. The Morgan fingerprint density at radius 1 is 1.27 bits per heavy atom. The van der Waals surface area contributed by atoms with Gasteiger partial charge >= 0.3 is 35.5 Å². The number of aliphatic carboxylic acids is 1. The molecule has 3 N–H and O–H groups in total. The molecule has 0 saturated heterocycles. The Morgan fingerprint density at radius 3 is 2.13 bits per heavy atom. The molecule has 1 aromatic carbocycles. The molecule has 10 nitrogen and oxygen atoms in total. The molecule has 1 aromatic heterocycles. The number of carbonyl (C=O) groups is 1. The molecule has 162 valence electrons. The average Bonchev–Trinajstić information content (AvgIpc) is 2.83. The van der Waals surface area contributed by atoms with E-state index in [0.717, 1.165) is 0 Å². The van der Waals surface area contributed by atoms with Gasteiger partial charge in [0.05, 0.1) is 11.4 Å². The molecule has 0 aliphatic rings. The van der Waals surface area contributed by atoms with Crippen LogP contribution in [0.5, 0.6) is 0 Å². The molecule has 1 atom stereocenters. The summed E-state index contributed by atoms with van der Waals surface area (Å²) in [5, 5.41) is 8.23. The Labute approximate surface area is 198 Å². The van der Waals surface area contributed by atoms with Crippen molar-refractivity contribution in [3.8, 4) is 5.69 Å². The van der Waals surface area contributed by atoms with Gasteiger partial charge in [0.15, 0.2) is 0 Å². The van der Waals surface area contributed by atoms with E-state index < -0.39 is 28.0 Å². The maximum Gasteiger partial charge on any atom is 1.00 e. The number of carboxylic acid groups (broad SMARTS) is 1. The predicted molar refractivity (Wildman–Crippen MR) is 109 cm³/mol. The van der Waals surface area contributed by atoms with Crippen LogP contribution in [0.2, 0.25) is 0 Å². The molecule has 2 aromatic rings. The van der Waals surface area contributed by atoms with Gasteiger partial charge in [-0.05, 0) is 25.0 Å². The number of hydrogen-bond acceptors (Lipinski definition) is 7. The Kier molecular flexibility index (Phi) is 11.0. The molecule has 0 spiro atoms. The van der Waals surface area contributed by atoms with E-state index >= 15 is 0 Å². The largest absolute Gasteiger partial charge is 1.00 e. The van der Waals surface area contributed by atoms with Crippen LogP contribution >= 0.6 is 0 Å². The van der Waals surface area contributed by atoms with Crippen molar-refractivity contribution in [1.29, 1.82) is 0 Å². The first-order chi connectivity index (χ1) is 13.3. The van der Waals surface area contributed by atoms with E-state index in [2.05, 4.69) is 0 Å². The Hall–Kier alpha value is -1.63. The van der Waals surface area contributed by atoms with Gasteiger partial charge in [0.2, 0.25) is 0 Å². The van der Waals surface area contributed by atoms with Crippen LogP contribution in [-0.4, -0.2) is 52.4 Å². The third kappa shape index (κ3) is 7.56. The fourth-order valence-electron chi connectivity index (χ4n) is 2.58. The normalized spacial score (nSPS) is 11.9. The van der Waals surface area contributed by atoms with Gasteiger partial charge in [-0.1, -0.05) is 32.0 Å². The number of nitrogens with zero attached hydrogens (tertiary/aromatic N) is 3. The van der Waals surface area contributed by atoms with Crippen molar-refractivity contribution in [2.24, 2.45) is 18.7 Å². The Morgan fingerprint density at radius 2 is 1.77 bits per heavy atom. The second kappa shape index (κ2) is 11.7. The molecule has 0 aliphatic carbocycles. The summed E-state index contributed by atoms with van der Waals surface area (Å²) < 4.78 is 35.7. The minimum atomic E-state index is -4.45. The standard InChI is InChI=1S/C13H17N3O4S.C5H11NO2.Na/c1-10-12(14(2)9-21(18,19)20)13(17)16(15(10)3)11-7-5-4-6-8-11;1-3(2)4(6)5(7)8;/h4-8H,9H2,1-3H3,(H,18,19,20);3-4H,6H2,1-2H3,(H,7,8);/q;;+1/p-1/t;4-;/m.0./s1. The van der Waals surface area contributed by atoms with Crippen LogP contribution < -0.4 is 45.8 Å². The van der Waals surface area contributed by atoms with Crippen molar-refractivity contribution < 1.29 is 52.4 Å². The van der Waals surface area contributed by atoms with Crippen molar-refractivity contribution in [2.45, 2.75) is 26.8 Å². The summed E-state index contributed by atoms with van der Waals surface area (Å²) in [6.07, 6.45) is 0. The average molecular weight is 450 g/mol. The molecule has 0 bridgehead atoms. The van der Waals surface area contributed by atoms with Crippen LogP contribution in [0, 0.1) is 12.8 Å². The van der Waals surface area contributed by atoms with Gasteiger partial charge in [-0.3, -0.25) is 14.3 Å². The first-order valence-corrected chi connectivity index (χ1v) is 10.3. The predicted octanol–water partition coefficient (Wildman–Crippen LogP) is -2.52. The van der Waals surface area contributed by atoms with E-state index in [9.17, 15) is 22.6 Å². The van der Waals surface area contributed by atoms with Gasteiger partial charge in [-0.25, -0.2) is 13.1 Å². The fourth-order valence-corrected chi connectivity index (χ4v) is 3.18. The molecule has 0 fully saturated rings. The van der Waals surface area contributed by atoms with E-state index in [4.69, 9.17) is 10.8 Å². The maximum absolute atomic E-state index is 12.5. The van der Waals surface area contributed by atoms with E-state index in [1.54, 1.807) is 56.8 Å². The summed E-state index contributed by atoms with van der Waals surface area (Å²) in [6.45, 7) is 5.25. The smallest absolute Gasteiger partial charge is 0.747 e. The van der Waals surface area contributed by atoms with Crippen LogP contribution in [0.1, 0.15) is 19.5 Å². The number of hydrogen-bond donors (Lipinski definition) is 2. The molecule has 12 heteroatoms. The monoisotopic (exact) mass is 450 g/mol. The molecule has 0 unspecified atom stereocenters. The van der Waals surface area contributed by atoms with Gasteiger partial charge in [0.1, 0.15) is 27.7 Å². The van der Waals surface area contributed by atoms with Gasteiger partial charge in [-0.15, -0.1) is 0 Å². The van der Waals surface area contributed by atoms with E-state index in [0.29, 0.717) is 11.4 Å². The zero-order chi connectivity index (χ0) is 22.5. The number of para-hydroxylation sites is 1. The van der Waals surface area contributed by atoms with Crippen molar-refractivity contribution in [2.75, 3.05) is 17.8 Å². The summed E-state index contributed by atoms with van der Waals surface area (Å²) >= 11 is 0. The van der Waals surface area contributed by atoms with Gasteiger partial charge < -0.3 is 20.3 Å². The topological polar surface area (TPSA) is 151 Å². The molecule has 30 heavy (non-hydrogen) atoms. The maximum atomic E-state index is 12.5. The molecule has 0 radical (unpaired) electrons. The van der Waals surface area contributed by atoms with Gasteiger partial charge in [0.25, 0.3) is 5.56 Å². The quantitative estimate of drug-likeness (QED) is 0.362. The Bertz CT molecular complexity index is 1000. The Balaban J connectivity index is 0.000000801. The molecule has 0 aliphatic heterocycles. The summed E-state index contributed by atoms with van der Waals surface area (Å²) in [5.41, 5.74) is 6.23. The fraction of sp³-hybridized carbons (Fsp3) is 0.444. The zero-order valence-electron chi connectivity index (χ0n) is 18.1. The van der Waals surface area contributed by atoms with Crippen molar-refractivity contribution in [3.63, 3.8) is 0 Å². The minimum absolute atomic E-state index is 0. The summed E-state index contributed by atoms with van der Waals surface area (Å²) in [4.78, 5) is 23.7. The van der Waals surface area contributed by atoms with Crippen LogP contribution in [-0.2, 0) is 22.0 Å². The molecule has 2 rings (SSSR count). The second-order valence-corrected chi connectivity index (χ2v) is 8.28. The van der Waals surface area contributed by atoms with Crippen LogP contribution in [0.3, 0.4) is 0 Å². The number of rotatable bonds is 6. The molecule has 1 heterocycles. The molecule has 0 saturated carbocycles. The minimum Gasteiger partial charge on any atom is -0.747 e. The SMILES string of the molecule is CC(C)[C@H](N)C(=O)O.Cc1c(N(C)CS(=O)(=O)[O-])c(=O)n(-c2ccccc2)n1C.[Na+]. The van der Waals surface area contributed by atoms with Crippen molar-refractivity contribution >= 4 is 21.8 Å². The number of aromatic nitrogens is 2. The summed E-state index contributed by atoms with van der Waals surface area (Å²) in [6, 6.07) is 8.27. The summed E-state index contributed by atoms with van der Waals surface area (Å²) in [5.74, 6) is -1.66. The first kappa shape index (κ1) is 28.4. The first-order valence-electron chi connectivity index (χ1n) is 8.75. The van der Waals surface area contributed by atoms with Gasteiger partial charge in [0, 0.05) is 14.1 Å². The number of nitrogens with two attached hydrogens (primary N) is 1. The van der Waals surface area contributed by atoms with Gasteiger partial charge in [-0.2, -0.15) is 0 Å². The molecular weight excluding hydrogens is 423 g/mol. The van der Waals surface area contributed by atoms with E-state index in [1.165, 1.54) is 16.6 Å². The third-order valence-electron chi connectivity index (χ3n) is 4.26. The second-order valence-electron chi connectivity index (χ2n) is 6.90. The number of anilines is 1. The van der Waals surface area contributed by atoms with Crippen LogP contribution in [0.15, 0.2) is 35.1 Å². The van der Waals surface area contributed by atoms with E-state index in [-0.39, 0.29) is 46.7 Å². The third-order valence-corrected chi connectivity index (χ3v) is 4.96.